The average Bonchev–Trinajstić information content (AvgIpc) is 2.64. The van der Waals surface area contributed by atoms with E-state index in [0.717, 1.165) is 11.1 Å². The third kappa shape index (κ3) is 5.55. The molecular weight excluding hydrogens is 342 g/mol. The second-order valence-electron chi connectivity index (χ2n) is 5.34. The molecule has 1 atom stereocenters. The number of rotatable bonds is 7. The molecule has 0 aromatic heterocycles. The highest BCUT2D eigenvalue weighted by molar-refractivity contribution is 6.30. The standard InChI is InChI=1S/C18H22ClN3O3/c1-24-16-8-3-12(9-17(16)25-2)10-21-18(20)22-11-15(23)13-4-6-14(19)7-5-13/h3-9,15,23H,10-11H2,1-2H3,(H3,20,21,22). The fourth-order valence-corrected chi connectivity index (χ4v) is 2.34. The van der Waals surface area contributed by atoms with Crippen molar-refractivity contribution in [2.75, 3.05) is 20.8 Å². The molecule has 0 heterocycles. The summed E-state index contributed by atoms with van der Waals surface area (Å²) in [5.74, 6) is 1.55. The third-order valence-corrected chi connectivity index (χ3v) is 3.86. The van der Waals surface area contributed by atoms with Crippen LogP contribution in [-0.4, -0.2) is 31.8 Å². The van der Waals surface area contributed by atoms with Crippen LogP contribution in [0.5, 0.6) is 11.5 Å². The Kier molecular flexibility index (Phi) is 6.91. The van der Waals surface area contributed by atoms with E-state index in [0.29, 0.717) is 23.1 Å². The van der Waals surface area contributed by atoms with Crippen molar-refractivity contribution in [1.29, 1.82) is 0 Å². The molecule has 0 fully saturated rings. The van der Waals surface area contributed by atoms with Gasteiger partial charge in [0.2, 0.25) is 0 Å². The van der Waals surface area contributed by atoms with Crippen LogP contribution in [-0.2, 0) is 6.54 Å². The van der Waals surface area contributed by atoms with E-state index in [1.807, 2.05) is 18.2 Å². The molecule has 2 aromatic carbocycles. The van der Waals surface area contributed by atoms with Crippen LogP contribution in [0.15, 0.2) is 47.5 Å². The van der Waals surface area contributed by atoms with E-state index in [9.17, 15) is 5.11 Å². The molecule has 2 rings (SSSR count). The number of aliphatic imine (C=N–C) groups is 1. The average molecular weight is 364 g/mol. The third-order valence-electron chi connectivity index (χ3n) is 3.61. The van der Waals surface area contributed by atoms with Crippen LogP contribution in [0.3, 0.4) is 0 Å². The molecule has 0 radical (unpaired) electrons. The smallest absolute Gasteiger partial charge is 0.189 e. The summed E-state index contributed by atoms with van der Waals surface area (Å²) >= 11 is 5.83. The number of ether oxygens (including phenoxy) is 2. The van der Waals surface area contributed by atoms with Gasteiger partial charge in [-0.3, -0.25) is 0 Å². The van der Waals surface area contributed by atoms with Gasteiger partial charge in [-0.1, -0.05) is 29.8 Å². The molecule has 0 bridgehead atoms. The number of guanidine groups is 1. The number of benzene rings is 2. The largest absolute Gasteiger partial charge is 0.493 e. The normalized spacial score (nSPS) is 12.6. The summed E-state index contributed by atoms with van der Waals surface area (Å²) in [4.78, 5) is 4.26. The number of halogens is 1. The van der Waals surface area contributed by atoms with E-state index in [1.54, 1.807) is 38.5 Å². The molecule has 1 unspecified atom stereocenters. The Balaban J connectivity index is 1.90. The van der Waals surface area contributed by atoms with Gasteiger partial charge in [0.1, 0.15) is 0 Å². The molecule has 0 amide bonds. The lowest BCUT2D eigenvalue weighted by Crippen LogP contribution is -2.34. The van der Waals surface area contributed by atoms with E-state index in [2.05, 4.69) is 10.3 Å². The van der Waals surface area contributed by atoms with Gasteiger partial charge in [0.25, 0.3) is 0 Å². The summed E-state index contributed by atoms with van der Waals surface area (Å²) in [5.41, 5.74) is 7.53. The minimum atomic E-state index is -0.702. The lowest BCUT2D eigenvalue weighted by Gasteiger charge is -2.13. The first kappa shape index (κ1) is 18.9. The zero-order chi connectivity index (χ0) is 18.2. The Bertz CT molecular complexity index is 720. The van der Waals surface area contributed by atoms with E-state index in [1.165, 1.54) is 0 Å². The molecule has 0 aliphatic rings. The Morgan fingerprint density at radius 2 is 1.84 bits per heavy atom. The number of methoxy groups -OCH3 is 2. The molecule has 4 N–H and O–H groups in total. The predicted molar refractivity (Wildman–Crippen MR) is 99.3 cm³/mol. The predicted octanol–water partition coefficient (Wildman–Crippen LogP) is 2.50. The molecule has 0 aliphatic heterocycles. The van der Waals surface area contributed by atoms with Gasteiger partial charge in [-0.15, -0.1) is 0 Å². The van der Waals surface area contributed by atoms with E-state index in [4.69, 9.17) is 26.8 Å². The zero-order valence-electron chi connectivity index (χ0n) is 14.2. The van der Waals surface area contributed by atoms with Crippen molar-refractivity contribution < 1.29 is 14.6 Å². The van der Waals surface area contributed by atoms with Crippen molar-refractivity contribution in [2.24, 2.45) is 10.7 Å². The number of hydrogen-bond acceptors (Lipinski definition) is 4. The number of nitrogens with two attached hydrogens (primary N) is 1. The number of nitrogens with zero attached hydrogens (tertiary/aromatic N) is 1. The van der Waals surface area contributed by atoms with Crippen LogP contribution in [0.2, 0.25) is 5.02 Å². The first-order chi connectivity index (χ1) is 12.0. The highest BCUT2D eigenvalue weighted by atomic mass is 35.5. The SMILES string of the molecule is COc1ccc(CN=C(N)NCC(O)c2ccc(Cl)cc2)cc1OC. The van der Waals surface area contributed by atoms with Crippen LogP contribution < -0.4 is 20.5 Å². The van der Waals surface area contributed by atoms with Gasteiger partial charge >= 0.3 is 0 Å². The van der Waals surface area contributed by atoms with Gasteiger partial charge in [0, 0.05) is 11.6 Å². The minimum absolute atomic E-state index is 0.253. The van der Waals surface area contributed by atoms with E-state index in [-0.39, 0.29) is 12.5 Å². The van der Waals surface area contributed by atoms with Crippen molar-refractivity contribution in [2.45, 2.75) is 12.6 Å². The number of aliphatic hydroxyl groups excluding tert-OH is 1. The lowest BCUT2D eigenvalue weighted by molar-refractivity contribution is 0.181. The van der Waals surface area contributed by atoms with Gasteiger partial charge in [-0.05, 0) is 35.4 Å². The van der Waals surface area contributed by atoms with Crippen molar-refractivity contribution in [3.8, 4) is 11.5 Å². The molecule has 25 heavy (non-hydrogen) atoms. The van der Waals surface area contributed by atoms with E-state index >= 15 is 0 Å². The molecule has 6 nitrogen and oxygen atoms in total. The summed E-state index contributed by atoms with van der Waals surface area (Å²) in [6, 6.07) is 12.6. The summed E-state index contributed by atoms with van der Waals surface area (Å²) < 4.78 is 10.5. The Labute approximate surface area is 152 Å². The maximum Gasteiger partial charge on any atom is 0.189 e. The van der Waals surface area contributed by atoms with Gasteiger partial charge in [0.05, 0.1) is 26.9 Å². The zero-order valence-corrected chi connectivity index (χ0v) is 15.0. The molecule has 0 saturated heterocycles. The highest BCUT2D eigenvalue weighted by Gasteiger charge is 2.08. The molecule has 0 spiro atoms. The molecule has 7 heteroatoms. The maximum absolute atomic E-state index is 10.1. The Morgan fingerprint density at radius 1 is 1.16 bits per heavy atom. The molecule has 134 valence electrons. The van der Waals surface area contributed by atoms with Gasteiger partial charge < -0.3 is 25.6 Å². The fourth-order valence-electron chi connectivity index (χ4n) is 2.22. The summed E-state index contributed by atoms with van der Waals surface area (Å²) in [6.07, 6.45) is -0.702. The van der Waals surface area contributed by atoms with Crippen LogP contribution in [0.1, 0.15) is 17.2 Å². The number of aliphatic hydroxyl groups is 1. The van der Waals surface area contributed by atoms with Crippen molar-refractivity contribution in [1.82, 2.24) is 5.32 Å². The Hall–Kier alpha value is -2.44. The summed E-state index contributed by atoms with van der Waals surface area (Å²) in [7, 11) is 3.17. The van der Waals surface area contributed by atoms with Crippen LogP contribution >= 0.6 is 11.6 Å². The first-order valence-electron chi connectivity index (χ1n) is 7.71. The first-order valence-corrected chi connectivity index (χ1v) is 8.09. The summed E-state index contributed by atoms with van der Waals surface area (Å²) in [5, 5.41) is 13.7. The monoisotopic (exact) mass is 363 g/mol. The minimum Gasteiger partial charge on any atom is -0.493 e. The van der Waals surface area contributed by atoms with Crippen LogP contribution in [0, 0.1) is 0 Å². The Morgan fingerprint density at radius 3 is 2.48 bits per heavy atom. The number of hydrogen-bond donors (Lipinski definition) is 3. The molecular formula is C18H22ClN3O3. The van der Waals surface area contributed by atoms with E-state index < -0.39 is 6.10 Å². The topological polar surface area (TPSA) is 89.1 Å². The molecule has 0 saturated carbocycles. The second kappa shape index (κ2) is 9.15. The van der Waals surface area contributed by atoms with Crippen LogP contribution in [0.4, 0.5) is 0 Å². The van der Waals surface area contributed by atoms with Gasteiger partial charge in [0.15, 0.2) is 17.5 Å². The van der Waals surface area contributed by atoms with Crippen LogP contribution in [0.25, 0.3) is 0 Å². The lowest BCUT2D eigenvalue weighted by atomic mass is 10.1. The van der Waals surface area contributed by atoms with Gasteiger partial charge in [-0.25, -0.2) is 4.99 Å². The fraction of sp³-hybridized carbons (Fsp3) is 0.278. The van der Waals surface area contributed by atoms with Crippen molar-refractivity contribution in [3.63, 3.8) is 0 Å². The summed E-state index contributed by atoms with van der Waals surface area (Å²) in [6.45, 7) is 0.638. The maximum atomic E-state index is 10.1. The molecule has 0 aliphatic carbocycles. The highest BCUT2D eigenvalue weighted by Crippen LogP contribution is 2.27. The van der Waals surface area contributed by atoms with Crippen molar-refractivity contribution in [3.05, 3.63) is 58.6 Å². The second-order valence-corrected chi connectivity index (χ2v) is 5.78. The molecule has 2 aromatic rings. The van der Waals surface area contributed by atoms with Gasteiger partial charge in [-0.2, -0.15) is 0 Å². The van der Waals surface area contributed by atoms with Crippen molar-refractivity contribution >= 4 is 17.6 Å². The quantitative estimate of drug-likeness (QED) is 0.519. The number of nitrogens with one attached hydrogen (secondary N) is 1.